The van der Waals surface area contributed by atoms with Gasteiger partial charge in [-0.2, -0.15) is 0 Å². The Morgan fingerprint density at radius 3 is 2.50 bits per heavy atom. The molecule has 0 spiro atoms. The first-order valence-electron chi connectivity index (χ1n) is 5.71. The number of hydrogen-bond donors (Lipinski definition) is 1. The van der Waals surface area contributed by atoms with Crippen molar-refractivity contribution in [2.24, 2.45) is 0 Å². The zero-order valence-electron chi connectivity index (χ0n) is 9.63. The number of alkyl halides is 1. The Labute approximate surface area is 102 Å². The maximum atomic E-state index is 11.7. The van der Waals surface area contributed by atoms with Crippen LogP contribution in [0, 0.1) is 0 Å². The fourth-order valence-corrected chi connectivity index (χ4v) is 1.60. The predicted molar refractivity (Wildman–Crippen MR) is 68.1 cm³/mol. The fourth-order valence-electron chi connectivity index (χ4n) is 1.42. The second-order valence-corrected chi connectivity index (χ2v) is 4.08. The standard InChI is InChI=1S/C13H18ClNO/c1-2-11-5-7-12(8-6-11)13(16)15-10-4-3-9-14/h5-8H,2-4,9-10H2,1H3,(H,15,16). The lowest BCUT2D eigenvalue weighted by Gasteiger charge is -2.05. The summed E-state index contributed by atoms with van der Waals surface area (Å²) in [5, 5.41) is 2.87. The zero-order chi connectivity index (χ0) is 11.8. The van der Waals surface area contributed by atoms with Gasteiger partial charge in [-0.05, 0) is 37.0 Å². The highest BCUT2D eigenvalue weighted by molar-refractivity contribution is 6.17. The van der Waals surface area contributed by atoms with E-state index in [1.807, 2.05) is 24.3 Å². The first-order chi connectivity index (χ1) is 7.77. The summed E-state index contributed by atoms with van der Waals surface area (Å²) in [7, 11) is 0. The molecule has 0 bridgehead atoms. The number of amides is 1. The quantitative estimate of drug-likeness (QED) is 0.600. The molecule has 0 saturated carbocycles. The number of benzene rings is 1. The van der Waals surface area contributed by atoms with Gasteiger partial charge in [0.25, 0.3) is 5.91 Å². The molecule has 2 nitrogen and oxygen atoms in total. The Morgan fingerprint density at radius 2 is 1.94 bits per heavy atom. The first-order valence-corrected chi connectivity index (χ1v) is 6.24. The van der Waals surface area contributed by atoms with Gasteiger partial charge in [0.1, 0.15) is 0 Å². The van der Waals surface area contributed by atoms with Crippen LogP contribution in [0.1, 0.15) is 35.7 Å². The van der Waals surface area contributed by atoms with E-state index in [2.05, 4.69) is 12.2 Å². The van der Waals surface area contributed by atoms with Gasteiger partial charge in [-0.3, -0.25) is 4.79 Å². The van der Waals surface area contributed by atoms with Crippen molar-refractivity contribution >= 4 is 17.5 Å². The Hall–Kier alpha value is -1.02. The Bertz CT molecular complexity index is 321. The molecular weight excluding hydrogens is 222 g/mol. The van der Waals surface area contributed by atoms with Crippen LogP contribution in [-0.4, -0.2) is 18.3 Å². The van der Waals surface area contributed by atoms with Gasteiger partial charge >= 0.3 is 0 Å². The van der Waals surface area contributed by atoms with Crippen molar-refractivity contribution in [3.8, 4) is 0 Å². The molecule has 0 aromatic heterocycles. The van der Waals surface area contributed by atoms with Crippen LogP contribution in [0.3, 0.4) is 0 Å². The van der Waals surface area contributed by atoms with Gasteiger partial charge in [-0.15, -0.1) is 11.6 Å². The van der Waals surface area contributed by atoms with Crippen molar-refractivity contribution in [3.05, 3.63) is 35.4 Å². The smallest absolute Gasteiger partial charge is 0.251 e. The van der Waals surface area contributed by atoms with Crippen LogP contribution in [0.4, 0.5) is 0 Å². The van der Waals surface area contributed by atoms with Gasteiger partial charge in [0, 0.05) is 18.0 Å². The van der Waals surface area contributed by atoms with E-state index < -0.39 is 0 Å². The van der Waals surface area contributed by atoms with Gasteiger partial charge in [-0.1, -0.05) is 19.1 Å². The third kappa shape index (κ3) is 4.23. The number of carbonyl (C=O) groups is 1. The minimum atomic E-state index is -0.00257. The number of aryl methyl sites for hydroxylation is 1. The molecule has 88 valence electrons. The van der Waals surface area contributed by atoms with Crippen molar-refractivity contribution in [2.75, 3.05) is 12.4 Å². The van der Waals surface area contributed by atoms with Crippen LogP contribution in [0.5, 0.6) is 0 Å². The summed E-state index contributed by atoms with van der Waals surface area (Å²) in [6, 6.07) is 7.73. The molecule has 3 heteroatoms. The molecular formula is C13H18ClNO. The summed E-state index contributed by atoms with van der Waals surface area (Å²) in [5.41, 5.74) is 1.97. The second kappa shape index (κ2) is 7.29. The van der Waals surface area contributed by atoms with Crippen LogP contribution >= 0.6 is 11.6 Å². The van der Waals surface area contributed by atoms with Crippen LogP contribution in [0.25, 0.3) is 0 Å². The van der Waals surface area contributed by atoms with Crippen molar-refractivity contribution in [1.82, 2.24) is 5.32 Å². The highest BCUT2D eigenvalue weighted by atomic mass is 35.5. The average Bonchev–Trinajstić information content (AvgIpc) is 2.34. The largest absolute Gasteiger partial charge is 0.352 e. The maximum Gasteiger partial charge on any atom is 0.251 e. The fraction of sp³-hybridized carbons (Fsp3) is 0.462. The van der Waals surface area contributed by atoms with Gasteiger partial charge < -0.3 is 5.32 Å². The lowest BCUT2D eigenvalue weighted by Crippen LogP contribution is -2.24. The summed E-state index contributed by atoms with van der Waals surface area (Å²) in [4.78, 5) is 11.7. The zero-order valence-corrected chi connectivity index (χ0v) is 10.4. The van der Waals surface area contributed by atoms with Crippen molar-refractivity contribution in [2.45, 2.75) is 26.2 Å². The van der Waals surface area contributed by atoms with E-state index in [-0.39, 0.29) is 5.91 Å². The van der Waals surface area contributed by atoms with Crippen molar-refractivity contribution < 1.29 is 4.79 Å². The molecule has 0 aliphatic heterocycles. The molecule has 0 aliphatic carbocycles. The number of unbranched alkanes of at least 4 members (excludes halogenated alkanes) is 1. The van der Waals surface area contributed by atoms with Crippen LogP contribution in [0.15, 0.2) is 24.3 Å². The maximum absolute atomic E-state index is 11.7. The molecule has 16 heavy (non-hydrogen) atoms. The van der Waals surface area contributed by atoms with Gasteiger partial charge in [0.05, 0.1) is 0 Å². The minimum absolute atomic E-state index is 0.00257. The molecule has 1 amide bonds. The highest BCUT2D eigenvalue weighted by Crippen LogP contribution is 2.04. The van der Waals surface area contributed by atoms with E-state index in [1.165, 1.54) is 5.56 Å². The molecule has 1 aromatic carbocycles. The van der Waals surface area contributed by atoms with Gasteiger partial charge in [0.2, 0.25) is 0 Å². The molecule has 1 N–H and O–H groups in total. The number of nitrogens with one attached hydrogen (secondary N) is 1. The third-order valence-corrected chi connectivity index (χ3v) is 2.74. The second-order valence-electron chi connectivity index (χ2n) is 3.70. The van der Waals surface area contributed by atoms with Crippen LogP contribution < -0.4 is 5.32 Å². The molecule has 0 aliphatic rings. The first kappa shape index (κ1) is 13.0. The van der Waals surface area contributed by atoms with E-state index in [9.17, 15) is 4.79 Å². The van der Waals surface area contributed by atoms with Gasteiger partial charge in [0.15, 0.2) is 0 Å². The number of carbonyl (C=O) groups excluding carboxylic acids is 1. The topological polar surface area (TPSA) is 29.1 Å². The lowest BCUT2D eigenvalue weighted by atomic mass is 10.1. The minimum Gasteiger partial charge on any atom is -0.352 e. The number of rotatable bonds is 6. The summed E-state index contributed by atoms with van der Waals surface area (Å²) in [6.07, 6.45) is 2.87. The highest BCUT2D eigenvalue weighted by Gasteiger charge is 2.03. The Morgan fingerprint density at radius 1 is 1.25 bits per heavy atom. The molecule has 1 rings (SSSR count). The number of halogens is 1. The third-order valence-electron chi connectivity index (χ3n) is 2.47. The Kier molecular flexibility index (Phi) is 5.94. The molecule has 0 atom stereocenters. The van der Waals surface area contributed by atoms with E-state index in [1.54, 1.807) is 0 Å². The molecule has 0 saturated heterocycles. The molecule has 0 unspecified atom stereocenters. The summed E-state index contributed by atoms with van der Waals surface area (Å²) in [5.74, 6) is 0.651. The van der Waals surface area contributed by atoms with E-state index in [0.29, 0.717) is 12.4 Å². The molecule has 0 heterocycles. The van der Waals surface area contributed by atoms with E-state index in [0.717, 1.165) is 24.8 Å². The molecule has 0 fully saturated rings. The van der Waals surface area contributed by atoms with Gasteiger partial charge in [-0.25, -0.2) is 0 Å². The Balaban J connectivity index is 2.40. The average molecular weight is 240 g/mol. The van der Waals surface area contributed by atoms with Crippen molar-refractivity contribution in [3.63, 3.8) is 0 Å². The summed E-state index contributed by atoms with van der Waals surface area (Å²) in [6.45, 7) is 2.79. The monoisotopic (exact) mass is 239 g/mol. The SMILES string of the molecule is CCc1ccc(C(=O)NCCCCCl)cc1. The van der Waals surface area contributed by atoms with Crippen LogP contribution in [0.2, 0.25) is 0 Å². The molecule has 1 aromatic rings. The molecule has 0 radical (unpaired) electrons. The van der Waals surface area contributed by atoms with Crippen molar-refractivity contribution in [1.29, 1.82) is 0 Å². The number of hydrogen-bond acceptors (Lipinski definition) is 1. The summed E-state index contributed by atoms with van der Waals surface area (Å²) >= 11 is 5.55. The lowest BCUT2D eigenvalue weighted by molar-refractivity contribution is 0.0953. The van der Waals surface area contributed by atoms with Crippen LogP contribution in [-0.2, 0) is 6.42 Å². The normalized spacial score (nSPS) is 10.1. The van der Waals surface area contributed by atoms with E-state index >= 15 is 0 Å². The van der Waals surface area contributed by atoms with E-state index in [4.69, 9.17) is 11.6 Å². The predicted octanol–water partition coefficient (Wildman–Crippen LogP) is 3.00. The summed E-state index contributed by atoms with van der Waals surface area (Å²) < 4.78 is 0.